The van der Waals surface area contributed by atoms with E-state index in [0.717, 1.165) is 24.4 Å². The standard InChI is InChI=1S/C15H32N2/c1-7-8-16-13(4)15(6)17-10-11(2)9-12(3)14(17)5/h11-16H,7-10H2,1-6H3. The summed E-state index contributed by atoms with van der Waals surface area (Å²) in [6.07, 6.45) is 2.61. The lowest BCUT2D eigenvalue weighted by atomic mass is 9.84. The van der Waals surface area contributed by atoms with E-state index < -0.39 is 0 Å². The lowest BCUT2D eigenvalue weighted by Gasteiger charge is -2.46. The first-order valence-corrected chi connectivity index (χ1v) is 7.46. The van der Waals surface area contributed by atoms with Gasteiger partial charge < -0.3 is 5.32 Å². The van der Waals surface area contributed by atoms with Gasteiger partial charge in [-0.05, 0) is 52.0 Å². The zero-order valence-corrected chi connectivity index (χ0v) is 12.7. The summed E-state index contributed by atoms with van der Waals surface area (Å²) < 4.78 is 0. The monoisotopic (exact) mass is 240 g/mol. The highest BCUT2D eigenvalue weighted by molar-refractivity contribution is 4.88. The van der Waals surface area contributed by atoms with Crippen molar-refractivity contribution in [3.8, 4) is 0 Å². The number of piperidine rings is 1. The fraction of sp³-hybridized carbons (Fsp3) is 1.00. The maximum atomic E-state index is 3.64. The minimum atomic E-state index is 0.592. The molecule has 0 bridgehead atoms. The molecule has 0 aliphatic carbocycles. The van der Waals surface area contributed by atoms with Crippen molar-refractivity contribution in [1.82, 2.24) is 10.2 Å². The molecule has 5 atom stereocenters. The molecule has 2 nitrogen and oxygen atoms in total. The van der Waals surface area contributed by atoms with E-state index >= 15 is 0 Å². The van der Waals surface area contributed by atoms with Crippen molar-refractivity contribution in [3.05, 3.63) is 0 Å². The largest absolute Gasteiger partial charge is 0.313 e. The number of nitrogens with one attached hydrogen (secondary N) is 1. The summed E-state index contributed by atoms with van der Waals surface area (Å²) >= 11 is 0. The third-order valence-electron chi connectivity index (χ3n) is 4.61. The third kappa shape index (κ3) is 3.96. The Kier molecular flexibility index (Phi) is 5.94. The number of rotatable bonds is 5. The van der Waals surface area contributed by atoms with Gasteiger partial charge in [-0.1, -0.05) is 20.8 Å². The summed E-state index contributed by atoms with van der Waals surface area (Å²) in [6, 6.07) is 1.96. The quantitative estimate of drug-likeness (QED) is 0.794. The van der Waals surface area contributed by atoms with Crippen molar-refractivity contribution in [2.24, 2.45) is 11.8 Å². The van der Waals surface area contributed by atoms with Crippen LogP contribution in [0, 0.1) is 11.8 Å². The van der Waals surface area contributed by atoms with Crippen molar-refractivity contribution < 1.29 is 0 Å². The highest BCUT2D eigenvalue weighted by atomic mass is 15.2. The fourth-order valence-electron chi connectivity index (χ4n) is 3.13. The van der Waals surface area contributed by atoms with E-state index in [9.17, 15) is 0 Å². The Balaban J connectivity index is 2.56. The molecule has 0 saturated carbocycles. The van der Waals surface area contributed by atoms with E-state index in [2.05, 4.69) is 51.8 Å². The number of likely N-dealkylation sites (tertiary alicyclic amines) is 1. The van der Waals surface area contributed by atoms with Gasteiger partial charge in [-0.3, -0.25) is 4.90 Å². The SMILES string of the molecule is CCCNC(C)C(C)N1CC(C)CC(C)C1C. The molecule has 5 unspecified atom stereocenters. The Morgan fingerprint density at radius 2 is 1.88 bits per heavy atom. The summed E-state index contributed by atoms with van der Waals surface area (Å²) in [5.41, 5.74) is 0. The van der Waals surface area contributed by atoms with Crippen molar-refractivity contribution >= 4 is 0 Å². The second-order valence-electron chi connectivity index (χ2n) is 6.24. The molecule has 2 heteroatoms. The molecule has 1 N–H and O–H groups in total. The van der Waals surface area contributed by atoms with Crippen molar-refractivity contribution in [1.29, 1.82) is 0 Å². The lowest BCUT2D eigenvalue weighted by Crippen LogP contribution is -2.55. The summed E-state index contributed by atoms with van der Waals surface area (Å²) in [6.45, 7) is 16.6. The minimum absolute atomic E-state index is 0.592. The van der Waals surface area contributed by atoms with Crippen LogP contribution in [0.4, 0.5) is 0 Å². The van der Waals surface area contributed by atoms with Gasteiger partial charge in [0.05, 0.1) is 0 Å². The second-order valence-corrected chi connectivity index (χ2v) is 6.24. The van der Waals surface area contributed by atoms with E-state index in [1.807, 2.05) is 0 Å². The van der Waals surface area contributed by atoms with E-state index in [1.54, 1.807) is 0 Å². The van der Waals surface area contributed by atoms with Crippen LogP contribution in [-0.4, -0.2) is 36.1 Å². The zero-order chi connectivity index (χ0) is 13.0. The van der Waals surface area contributed by atoms with Crippen molar-refractivity contribution in [3.63, 3.8) is 0 Å². The normalized spacial score (nSPS) is 34.6. The molecule has 1 aliphatic rings. The van der Waals surface area contributed by atoms with Gasteiger partial charge in [0.25, 0.3) is 0 Å². The Morgan fingerprint density at radius 3 is 2.47 bits per heavy atom. The first kappa shape index (κ1) is 15.0. The molecule has 1 aliphatic heterocycles. The third-order valence-corrected chi connectivity index (χ3v) is 4.61. The zero-order valence-electron chi connectivity index (χ0n) is 12.7. The Bertz CT molecular complexity index is 217. The van der Waals surface area contributed by atoms with E-state index in [-0.39, 0.29) is 0 Å². The minimum Gasteiger partial charge on any atom is -0.313 e. The molecule has 102 valence electrons. The van der Waals surface area contributed by atoms with Crippen molar-refractivity contribution in [2.75, 3.05) is 13.1 Å². The van der Waals surface area contributed by atoms with Crippen LogP contribution in [-0.2, 0) is 0 Å². The predicted octanol–water partition coefficient (Wildman–Crippen LogP) is 3.13. The smallest absolute Gasteiger partial charge is 0.0221 e. The number of hydrogen-bond donors (Lipinski definition) is 1. The molecule has 0 aromatic carbocycles. The van der Waals surface area contributed by atoms with E-state index in [0.29, 0.717) is 12.1 Å². The van der Waals surface area contributed by atoms with E-state index in [4.69, 9.17) is 0 Å². The number of hydrogen-bond acceptors (Lipinski definition) is 2. The molecule has 1 saturated heterocycles. The summed E-state index contributed by atoms with van der Waals surface area (Å²) in [4.78, 5) is 2.71. The molecule has 0 spiro atoms. The molecule has 17 heavy (non-hydrogen) atoms. The second kappa shape index (κ2) is 6.75. The van der Waals surface area contributed by atoms with Crippen LogP contribution in [0.5, 0.6) is 0 Å². The topological polar surface area (TPSA) is 15.3 Å². The molecular formula is C15H32N2. The maximum Gasteiger partial charge on any atom is 0.0221 e. The highest BCUT2D eigenvalue weighted by Gasteiger charge is 2.33. The van der Waals surface area contributed by atoms with Crippen LogP contribution in [0.3, 0.4) is 0 Å². The molecule has 1 heterocycles. The van der Waals surface area contributed by atoms with Crippen LogP contribution in [0.2, 0.25) is 0 Å². The van der Waals surface area contributed by atoms with Gasteiger partial charge in [-0.2, -0.15) is 0 Å². The van der Waals surface area contributed by atoms with Gasteiger partial charge in [0.2, 0.25) is 0 Å². The van der Waals surface area contributed by atoms with Gasteiger partial charge in [-0.15, -0.1) is 0 Å². The molecule has 0 amide bonds. The lowest BCUT2D eigenvalue weighted by molar-refractivity contribution is 0.0345. The first-order valence-electron chi connectivity index (χ1n) is 7.46. The predicted molar refractivity (Wildman–Crippen MR) is 76.3 cm³/mol. The van der Waals surface area contributed by atoms with Gasteiger partial charge in [0.15, 0.2) is 0 Å². The Hall–Kier alpha value is -0.0800. The fourth-order valence-corrected chi connectivity index (χ4v) is 3.13. The first-order chi connectivity index (χ1) is 7.97. The van der Waals surface area contributed by atoms with Gasteiger partial charge in [0.1, 0.15) is 0 Å². The molecule has 0 radical (unpaired) electrons. The highest BCUT2D eigenvalue weighted by Crippen LogP contribution is 2.29. The molecule has 1 rings (SSSR count). The van der Waals surface area contributed by atoms with Crippen LogP contribution in [0.25, 0.3) is 0 Å². The summed E-state index contributed by atoms with van der Waals surface area (Å²) in [5, 5.41) is 3.64. The average Bonchev–Trinajstić information content (AvgIpc) is 2.29. The van der Waals surface area contributed by atoms with Crippen LogP contribution < -0.4 is 5.32 Å². The van der Waals surface area contributed by atoms with Gasteiger partial charge >= 0.3 is 0 Å². The molecule has 0 aromatic heterocycles. The maximum absolute atomic E-state index is 3.64. The van der Waals surface area contributed by atoms with Crippen LogP contribution in [0.15, 0.2) is 0 Å². The van der Waals surface area contributed by atoms with Gasteiger partial charge in [-0.25, -0.2) is 0 Å². The summed E-state index contributed by atoms with van der Waals surface area (Å²) in [5.74, 6) is 1.68. The molecular weight excluding hydrogens is 208 g/mol. The Morgan fingerprint density at radius 1 is 1.24 bits per heavy atom. The average molecular weight is 240 g/mol. The molecule has 0 aromatic rings. The Labute approximate surface area is 108 Å². The van der Waals surface area contributed by atoms with E-state index in [1.165, 1.54) is 19.4 Å². The van der Waals surface area contributed by atoms with Gasteiger partial charge in [0, 0.05) is 24.7 Å². The van der Waals surface area contributed by atoms with Crippen LogP contribution >= 0.6 is 0 Å². The summed E-state index contributed by atoms with van der Waals surface area (Å²) in [7, 11) is 0. The van der Waals surface area contributed by atoms with Crippen molar-refractivity contribution in [2.45, 2.75) is 72.5 Å². The van der Waals surface area contributed by atoms with Crippen LogP contribution in [0.1, 0.15) is 54.4 Å². The molecule has 1 fully saturated rings. The number of nitrogens with zero attached hydrogens (tertiary/aromatic N) is 1.